The molecule has 0 bridgehead atoms. The molecule has 1 rings (SSSR count). The maximum absolute atomic E-state index is 11.1. The van der Waals surface area contributed by atoms with Gasteiger partial charge in [0.05, 0.1) is 12.3 Å². The molecule has 0 atom stereocenters. The summed E-state index contributed by atoms with van der Waals surface area (Å²) in [5.74, 6) is 6.04. The van der Waals surface area contributed by atoms with Gasteiger partial charge in [-0.25, -0.2) is 8.42 Å². The lowest BCUT2D eigenvalue weighted by molar-refractivity contribution is 0.346. The standard InChI is InChI=1S/C14H20N2O2S/c1-16(10-11-19(2,17)18)12-14-7-4-3-6-13(14)8-5-9-15/h3-4,6-7H,9-12,15H2,1-2H3. The van der Waals surface area contributed by atoms with Crippen molar-refractivity contribution >= 4 is 9.84 Å². The van der Waals surface area contributed by atoms with Gasteiger partial charge in [-0.3, -0.25) is 0 Å². The first-order valence-electron chi connectivity index (χ1n) is 6.05. The highest BCUT2D eigenvalue weighted by atomic mass is 32.2. The van der Waals surface area contributed by atoms with E-state index in [1.165, 1.54) is 6.26 Å². The minimum absolute atomic E-state index is 0.167. The van der Waals surface area contributed by atoms with E-state index >= 15 is 0 Å². The molecule has 0 radical (unpaired) electrons. The van der Waals surface area contributed by atoms with Gasteiger partial charge in [-0.15, -0.1) is 0 Å². The fourth-order valence-electron chi connectivity index (χ4n) is 1.62. The first-order chi connectivity index (χ1) is 8.92. The highest BCUT2D eigenvalue weighted by Gasteiger charge is 2.07. The average Bonchev–Trinajstić information content (AvgIpc) is 2.34. The fraction of sp³-hybridized carbons (Fsp3) is 0.429. The van der Waals surface area contributed by atoms with Gasteiger partial charge in [0.1, 0.15) is 9.84 Å². The van der Waals surface area contributed by atoms with Gasteiger partial charge in [-0.2, -0.15) is 0 Å². The van der Waals surface area contributed by atoms with Crippen LogP contribution < -0.4 is 5.73 Å². The molecule has 0 spiro atoms. The zero-order valence-corrected chi connectivity index (χ0v) is 12.2. The zero-order valence-electron chi connectivity index (χ0n) is 11.4. The van der Waals surface area contributed by atoms with E-state index in [0.717, 1.165) is 11.1 Å². The third kappa shape index (κ3) is 6.39. The van der Waals surface area contributed by atoms with Crippen molar-refractivity contribution in [3.05, 3.63) is 35.4 Å². The molecule has 4 nitrogen and oxygen atoms in total. The van der Waals surface area contributed by atoms with Crippen LogP contribution in [0.25, 0.3) is 0 Å². The molecule has 0 aromatic heterocycles. The predicted molar refractivity (Wildman–Crippen MR) is 78.4 cm³/mol. The molecule has 2 N–H and O–H groups in total. The summed E-state index contributed by atoms with van der Waals surface area (Å²) in [6.07, 6.45) is 1.25. The van der Waals surface area contributed by atoms with E-state index in [-0.39, 0.29) is 5.75 Å². The summed E-state index contributed by atoms with van der Waals surface area (Å²) in [5, 5.41) is 0. The second-order valence-electron chi connectivity index (χ2n) is 4.53. The van der Waals surface area contributed by atoms with Gasteiger partial charge in [0.2, 0.25) is 0 Å². The molecule has 0 aliphatic carbocycles. The SMILES string of the molecule is CN(CCS(C)(=O)=O)Cc1ccccc1C#CCN. The van der Waals surface area contributed by atoms with Crippen molar-refractivity contribution in [2.24, 2.45) is 5.73 Å². The Balaban J connectivity index is 2.71. The molecule has 0 heterocycles. The number of rotatable bonds is 5. The summed E-state index contributed by atoms with van der Waals surface area (Å²) in [6.45, 7) is 1.51. The minimum Gasteiger partial charge on any atom is -0.320 e. The molecule has 0 saturated carbocycles. The molecule has 0 unspecified atom stereocenters. The number of benzene rings is 1. The Morgan fingerprint density at radius 3 is 2.63 bits per heavy atom. The summed E-state index contributed by atoms with van der Waals surface area (Å²) >= 11 is 0. The van der Waals surface area contributed by atoms with Gasteiger partial charge in [-0.1, -0.05) is 30.0 Å². The van der Waals surface area contributed by atoms with Crippen LogP contribution in [0.2, 0.25) is 0 Å². The Morgan fingerprint density at radius 1 is 1.32 bits per heavy atom. The molecule has 0 aliphatic rings. The van der Waals surface area contributed by atoms with Crippen molar-refractivity contribution < 1.29 is 8.42 Å². The first kappa shape index (κ1) is 15.7. The maximum atomic E-state index is 11.1. The molecule has 5 heteroatoms. The van der Waals surface area contributed by atoms with Crippen LogP contribution in [-0.4, -0.2) is 45.5 Å². The highest BCUT2D eigenvalue weighted by molar-refractivity contribution is 7.90. The molecule has 0 aliphatic heterocycles. The smallest absolute Gasteiger partial charge is 0.148 e. The van der Waals surface area contributed by atoms with E-state index in [9.17, 15) is 8.42 Å². The van der Waals surface area contributed by atoms with Gasteiger partial charge < -0.3 is 10.6 Å². The second-order valence-corrected chi connectivity index (χ2v) is 6.79. The Kier molecular flexibility index (Phi) is 6.03. The van der Waals surface area contributed by atoms with Crippen molar-refractivity contribution in [3.8, 4) is 11.8 Å². The van der Waals surface area contributed by atoms with E-state index in [1.807, 2.05) is 36.2 Å². The minimum atomic E-state index is -2.92. The van der Waals surface area contributed by atoms with Crippen LogP contribution in [0.3, 0.4) is 0 Å². The number of sulfone groups is 1. The van der Waals surface area contributed by atoms with Gasteiger partial charge in [0.15, 0.2) is 0 Å². The van der Waals surface area contributed by atoms with Gasteiger partial charge in [0.25, 0.3) is 0 Å². The second kappa shape index (κ2) is 7.29. The quantitative estimate of drug-likeness (QED) is 0.797. The Labute approximate surface area is 115 Å². The van der Waals surface area contributed by atoms with Crippen molar-refractivity contribution in [3.63, 3.8) is 0 Å². The molecular weight excluding hydrogens is 260 g/mol. The normalized spacial score (nSPS) is 11.2. The lowest BCUT2D eigenvalue weighted by atomic mass is 10.1. The zero-order chi connectivity index (χ0) is 14.3. The topological polar surface area (TPSA) is 63.4 Å². The van der Waals surface area contributed by atoms with E-state index in [1.54, 1.807) is 0 Å². The van der Waals surface area contributed by atoms with Crippen molar-refractivity contribution in [2.75, 3.05) is 32.1 Å². The fourth-order valence-corrected chi connectivity index (χ4v) is 2.26. The number of hydrogen-bond donors (Lipinski definition) is 1. The third-order valence-electron chi connectivity index (χ3n) is 2.63. The summed E-state index contributed by atoms with van der Waals surface area (Å²) in [6, 6.07) is 7.83. The number of nitrogens with two attached hydrogens (primary N) is 1. The van der Waals surface area contributed by atoms with E-state index in [0.29, 0.717) is 19.6 Å². The van der Waals surface area contributed by atoms with Crippen molar-refractivity contribution in [1.29, 1.82) is 0 Å². The Morgan fingerprint density at radius 2 is 2.00 bits per heavy atom. The van der Waals surface area contributed by atoms with E-state index < -0.39 is 9.84 Å². The summed E-state index contributed by atoms with van der Waals surface area (Å²) in [7, 11) is -1.02. The summed E-state index contributed by atoms with van der Waals surface area (Å²) in [5.41, 5.74) is 7.40. The molecular formula is C14H20N2O2S. The molecule has 0 saturated heterocycles. The van der Waals surface area contributed by atoms with E-state index in [4.69, 9.17) is 5.73 Å². The van der Waals surface area contributed by atoms with Crippen LogP contribution >= 0.6 is 0 Å². The van der Waals surface area contributed by atoms with Crippen LogP contribution in [0, 0.1) is 11.8 Å². The molecule has 19 heavy (non-hydrogen) atoms. The van der Waals surface area contributed by atoms with Gasteiger partial charge in [0, 0.05) is 24.9 Å². The predicted octanol–water partition coefficient (Wildman–Crippen LogP) is 0.473. The summed E-state index contributed by atoms with van der Waals surface area (Å²) in [4.78, 5) is 1.98. The van der Waals surface area contributed by atoms with Crippen molar-refractivity contribution in [2.45, 2.75) is 6.54 Å². The molecule has 0 amide bonds. The Hall–Kier alpha value is -1.35. The number of hydrogen-bond acceptors (Lipinski definition) is 4. The summed E-state index contributed by atoms with van der Waals surface area (Å²) < 4.78 is 22.3. The molecule has 0 fully saturated rings. The lowest BCUT2D eigenvalue weighted by Crippen LogP contribution is -2.25. The highest BCUT2D eigenvalue weighted by Crippen LogP contribution is 2.09. The molecule has 1 aromatic carbocycles. The Bertz CT molecular complexity index is 571. The van der Waals surface area contributed by atoms with Gasteiger partial charge >= 0.3 is 0 Å². The molecule has 1 aromatic rings. The molecule has 104 valence electrons. The van der Waals surface area contributed by atoms with Crippen LogP contribution in [-0.2, 0) is 16.4 Å². The van der Waals surface area contributed by atoms with Crippen LogP contribution in [0.5, 0.6) is 0 Å². The largest absolute Gasteiger partial charge is 0.320 e. The van der Waals surface area contributed by atoms with Crippen molar-refractivity contribution in [1.82, 2.24) is 4.90 Å². The lowest BCUT2D eigenvalue weighted by Gasteiger charge is -2.17. The van der Waals surface area contributed by atoms with Crippen LogP contribution in [0.1, 0.15) is 11.1 Å². The number of nitrogens with zero attached hydrogens (tertiary/aromatic N) is 1. The average molecular weight is 280 g/mol. The first-order valence-corrected chi connectivity index (χ1v) is 8.11. The third-order valence-corrected chi connectivity index (χ3v) is 3.55. The van der Waals surface area contributed by atoms with E-state index in [2.05, 4.69) is 11.8 Å². The van der Waals surface area contributed by atoms with Crippen LogP contribution in [0.4, 0.5) is 0 Å². The monoisotopic (exact) mass is 280 g/mol. The van der Waals surface area contributed by atoms with Gasteiger partial charge in [-0.05, 0) is 18.7 Å². The van der Waals surface area contributed by atoms with Crippen LogP contribution in [0.15, 0.2) is 24.3 Å². The maximum Gasteiger partial charge on any atom is 0.148 e.